The lowest BCUT2D eigenvalue weighted by atomic mass is 9.92. The molecule has 0 aromatic heterocycles. The Kier molecular flexibility index (Phi) is 3.72. The Bertz CT molecular complexity index is 316. The highest BCUT2D eigenvalue weighted by atomic mass is 16.6. The lowest BCUT2D eigenvalue weighted by Crippen LogP contribution is -2.40. The molecule has 4 heteroatoms. The Balaban J connectivity index is 2.07. The van der Waals surface area contributed by atoms with Gasteiger partial charge in [-0.15, -0.1) is 0 Å². The third-order valence-corrected chi connectivity index (χ3v) is 3.86. The van der Waals surface area contributed by atoms with E-state index in [1.165, 1.54) is 0 Å². The molecule has 4 nitrogen and oxygen atoms in total. The summed E-state index contributed by atoms with van der Waals surface area (Å²) in [5.74, 6) is 0.780. The molecule has 0 aromatic carbocycles. The molecule has 1 N–H and O–H groups in total. The second kappa shape index (κ2) is 5.08. The highest BCUT2D eigenvalue weighted by Gasteiger charge is 2.41. The predicted molar refractivity (Wildman–Crippen MR) is 64.4 cm³/mol. The van der Waals surface area contributed by atoms with Gasteiger partial charge < -0.3 is 14.7 Å². The number of carbonyl (C=O) groups is 1. The largest absolute Gasteiger partial charge is 0.416 e. The molecular weight excluding hydrogens is 218 g/mol. The molecule has 2 heterocycles. The topological polar surface area (TPSA) is 49.8 Å². The number of aliphatic hydroxyl groups is 1. The fraction of sp³-hybridized carbons (Fsp3) is 0.769. The molecule has 2 aliphatic heterocycles. The van der Waals surface area contributed by atoms with Gasteiger partial charge in [-0.05, 0) is 44.9 Å². The second-order valence-electron chi connectivity index (χ2n) is 5.22. The summed E-state index contributed by atoms with van der Waals surface area (Å²) in [6.45, 7) is 5.52. The van der Waals surface area contributed by atoms with Crippen molar-refractivity contribution in [1.82, 2.24) is 4.90 Å². The Morgan fingerprint density at radius 2 is 2.00 bits per heavy atom. The predicted octanol–water partition coefficient (Wildman–Crippen LogP) is 2.28. The van der Waals surface area contributed by atoms with Crippen LogP contribution in [0.1, 0.15) is 39.0 Å². The first kappa shape index (κ1) is 12.4. The first-order valence-electron chi connectivity index (χ1n) is 6.38. The lowest BCUT2D eigenvalue weighted by molar-refractivity contribution is 0.106. The van der Waals surface area contributed by atoms with Crippen LogP contribution in [0.4, 0.5) is 4.79 Å². The zero-order valence-electron chi connectivity index (χ0n) is 10.4. The molecule has 0 spiro atoms. The molecule has 0 aliphatic carbocycles. The van der Waals surface area contributed by atoms with Gasteiger partial charge in [0.05, 0.1) is 5.76 Å². The summed E-state index contributed by atoms with van der Waals surface area (Å²) < 4.78 is 5.12. The minimum atomic E-state index is -0.261. The molecule has 3 atom stereocenters. The number of aliphatic hydroxyl groups excluding tert-OH is 1. The molecule has 1 unspecified atom stereocenters. The van der Waals surface area contributed by atoms with Gasteiger partial charge in [-0.25, -0.2) is 4.79 Å². The van der Waals surface area contributed by atoms with Crippen molar-refractivity contribution in [1.29, 1.82) is 0 Å². The molecule has 2 fully saturated rings. The number of carbonyl (C=O) groups excluding carboxylic acids is 1. The van der Waals surface area contributed by atoms with Gasteiger partial charge in [0.15, 0.2) is 0 Å². The van der Waals surface area contributed by atoms with Crippen LogP contribution in [-0.2, 0) is 4.74 Å². The second-order valence-corrected chi connectivity index (χ2v) is 5.22. The van der Waals surface area contributed by atoms with Crippen LogP contribution >= 0.6 is 0 Å². The number of hydrogen-bond donors (Lipinski definition) is 1. The van der Waals surface area contributed by atoms with Crippen LogP contribution in [0.5, 0.6) is 0 Å². The Morgan fingerprint density at radius 3 is 2.65 bits per heavy atom. The molecule has 2 aliphatic rings. The number of nitrogens with zero attached hydrogens (tertiary/aromatic N) is 1. The molecule has 17 heavy (non-hydrogen) atoms. The van der Waals surface area contributed by atoms with Crippen LogP contribution in [-0.4, -0.2) is 34.8 Å². The normalized spacial score (nSPS) is 32.1. The van der Waals surface area contributed by atoms with E-state index < -0.39 is 0 Å². The Hall–Kier alpha value is -1.03. The first-order chi connectivity index (χ1) is 8.11. The molecule has 96 valence electrons. The lowest BCUT2D eigenvalue weighted by Gasteiger charge is -2.27. The van der Waals surface area contributed by atoms with Gasteiger partial charge in [0, 0.05) is 18.7 Å². The van der Waals surface area contributed by atoms with Crippen molar-refractivity contribution < 1.29 is 14.6 Å². The highest BCUT2D eigenvalue weighted by Crippen LogP contribution is 2.37. The third kappa shape index (κ3) is 2.63. The van der Waals surface area contributed by atoms with Crippen molar-refractivity contribution in [3.05, 3.63) is 12.3 Å². The quantitative estimate of drug-likeness (QED) is 0.752. The number of allylic oxidation sites excluding steroid dienone is 1. The summed E-state index contributed by atoms with van der Waals surface area (Å²) in [5, 5.41) is 9.27. The third-order valence-electron chi connectivity index (χ3n) is 3.86. The zero-order chi connectivity index (χ0) is 12.4. The molecule has 0 aromatic rings. The molecule has 2 saturated heterocycles. The number of amides is 1. The van der Waals surface area contributed by atoms with Gasteiger partial charge in [-0.2, -0.15) is 0 Å². The number of ether oxygens (including phenoxy) is 1. The minimum Gasteiger partial charge on any atom is -0.416 e. The monoisotopic (exact) mass is 239 g/mol. The van der Waals surface area contributed by atoms with Crippen molar-refractivity contribution in [3.8, 4) is 0 Å². The van der Waals surface area contributed by atoms with E-state index in [0.29, 0.717) is 17.7 Å². The summed E-state index contributed by atoms with van der Waals surface area (Å²) >= 11 is 0. The van der Waals surface area contributed by atoms with Gasteiger partial charge in [-0.1, -0.05) is 6.58 Å². The fourth-order valence-electron chi connectivity index (χ4n) is 3.07. The SMILES string of the molecule is C=C(C)OC(=O)N1[C@@H]2CCC(CO)C[C@H]1CC2. The van der Waals surface area contributed by atoms with Gasteiger partial charge in [0.2, 0.25) is 0 Å². The summed E-state index contributed by atoms with van der Waals surface area (Å²) in [5.41, 5.74) is 0. The molecule has 2 bridgehead atoms. The van der Waals surface area contributed by atoms with Gasteiger partial charge >= 0.3 is 6.09 Å². The van der Waals surface area contributed by atoms with Crippen LogP contribution in [0.25, 0.3) is 0 Å². The van der Waals surface area contributed by atoms with Crippen LogP contribution in [0, 0.1) is 5.92 Å². The molecular formula is C13H21NO3. The zero-order valence-corrected chi connectivity index (χ0v) is 10.4. The van der Waals surface area contributed by atoms with E-state index in [2.05, 4.69) is 6.58 Å². The molecule has 0 saturated carbocycles. The molecule has 1 amide bonds. The number of hydrogen-bond acceptors (Lipinski definition) is 3. The van der Waals surface area contributed by atoms with Gasteiger partial charge in [0.25, 0.3) is 0 Å². The Morgan fingerprint density at radius 1 is 1.35 bits per heavy atom. The highest BCUT2D eigenvalue weighted by molar-refractivity contribution is 5.70. The van der Waals surface area contributed by atoms with E-state index >= 15 is 0 Å². The Labute approximate surface area is 102 Å². The summed E-state index contributed by atoms with van der Waals surface area (Å²) in [6.07, 6.45) is 4.73. The van der Waals surface area contributed by atoms with Crippen LogP contribution in [0.15, 0.2) is 12.3 Å². The molecule has 0 radical (unpaired) electrons. The van der Waals surface area contributed by atoms with Gasteiger partial charge in [0.1, 0.15) is 0 Å². The van der Waals surface area contributed by atoms with Crippen molar-refractivity contribution in [3.63, 3.8) is 0 Å². The van der Waals surface area contributed by atoms with E-state index in [9.17, 15) is 9.90 Å². The molecule has 2 rings (SSSR count). The average molecular weight is 239 g/mol. The fourth-order valence-corrected chi connectivity index (χ4v) is 3.07. The van der Waals surface area contributed by atoms with E-state index in [1.54, 1.807) is 6.92 Å². The smallest absolute Gasteiger partial charge is 0.415 e. The number of fused-ring (bicyclic) bond motifs is 2. The average Bonchev–Trinajstić information content (AvgIpc) is 2.53. The van der Waals surface area contributed by atoms with Crippen molar-refractivity contribution in [2.24, 2.45) is 5.92 Å². The van der Waals surface area contributed by atoms with Crippen LogP contribution < -0.4 is 0 Å². The van der Waals surface area contributed by atoms with E-state index in [0.717, 1.165) is 32.1 Å². The van der Waals surface area contributed by atoms with Gasteiger partial charge in [-0.3, -0.25) is 0 Å². The summed E-state index contributed by atoms with van der Waals surface area (Å²) in [4.78, 5) is 13.9. The van der Waals surface area contributed by atoms with Crippen LogP contribution in [0.2, 0.25) is 0 Å². The van der Waals surface area contributed by atoms with Crippen molar-refractivity contribution in [2.75, 3.05) is 6.61 Å². The maximum atomic E-state index is 12.0. The summed E-state index contributed by atoms with van der Waals surface area (Å²) in [7, 11) is 0. The van der Waals surface area contributed by atoms with Crippen molar-refractivity contribution in [2.45, 2.75) is 51.1 Å². The standard InChI is InChI=1S/C13H21NO3/c1-9(2)17-13(16)14-11-4-3-10(8-15)7-12(14)6-5-11/h10-12,15H,1,3-8H2,2H3/t10?,11-,12-/m1/s1. The van der Waals surface area contributed by atoms with E-state index in [4.69, 9.17) is 4.74 Å². The maximum absolute atomic E-state index is 12.0. The number of rotatable bonds is 2. The van der Waals surface area contributed by atoms with Crippen molar-refractivity contribution >= 4 is 6.09 Å². The first-order valence-corrected chi connectivity index (χ1v) is 6.38. The van der Waals surface area contributed by atoms with E-state index in [-0.39, 0.29) is 18.7 Å². The van der Waals surface area contributed by atoms with E-state index in [1.807, 2.05) is 4.90 Å². The summed E-state index contributed by atoms with van der Waals surface area (Å²) in [6, 6.07) is 0.537. The van der Waals surface area contributed by atoms with Crippen LogP contribution in [0.3, 0.4) is 0 Å². The maximum Gasteiger partial charge on any atom is 0.415 e. The minimum absolute atomic E-state index is 0.229.